The summed E-state index contributed by atoms with van der Waals surface area (Å²) in [6.07, 6.45) is 5.45. The first kappa shape index (κ1) is 19.0. The lowest BCUT2D eigenvalue weighted by atomic mass is 9.86. The van der Waals surface area contributed by atoms with E-state index in [4.69, 9.17) is 9.47 Å². The fourth-order valence-corrected chi connectivity index (χ4v) is 3.69. The van der Waals surface area contributed by atoms with Crippen LogP contribution in [0.1, 0.15) is 43.7 Å². The predicted octanol–water partition coefficient (Wildman–Crippen LogP) is 2.60. The Bertz CT molecular complexity index is 547. The van der Waals surface area contributed by atoms with E-state index in [0.717, 1.165) is 30.6 Å². The maximum absolute atomic E-state index is 12.2. The summed E-state index contributed by atoms with van der Waals surface area (Å²) in [5.74, 6) is 0.953. The third-order valence-corrected chi connectivity index (χ3v) is 4.82. The first-order chi connectivity index (χ1) is 11.2. The van der Waals surface area contributed by atoms with Crippen LogP contribution in [0.3, 0.4) is 0 Å². The van der Waals surface area contributed by atoms with Gasteiger partial charge in [0.05, 0.1) is 19.2 Å². The zero-order valence-electron chi connectivity index (χ0n) is 14.2. The summed E-state index contributed by atoms with van der Waals surface area (Å²) in [7, 11) is 1.65. The molecule has 1 unspecified atom stereocenters. The van der Waals surface area contributed by atoms with Gasteiger partial charge in [-0.2, -0.15) is 0 Å². The molecular weight excluding hydrogens is 328 g/mol. The normalized spacial score (nSPS) is 20.8. The highest BCUT2D eigenvalue weighted by atomic mass is 35.5. The summed E-state index contributed by atoms with van der Waals surface area (Å²) >= 11 is 0. The van der Waals surface area contributed by atoms with E-state index in [9.17, 15) is 4.79 Å². The molecule has 1 fully saturated rings. The maximum atomic E-state index is 12.2. The van der Waals surface area contributed by atoms with Gasteiger partial charge in [-0.1, -0.05) is 18.2 Å². The van der Waals surface area contributed by atoms with Gasteiger partial charge in [-0.15, -0.1) is 12.4 Å². The number of rotatable bonds is 6. The third-order valence-electron chi connectivity index (χ3n) is 4.82. The molecule has 3 rings (SSSR count). The fourth-order valence-electron chi connectivity index (χ4n) is 3.69. The Labute approximate surface area is 149 Å². The Balaban J connectivity index is 0.00000208. The Morgan fingerprint density at radius 2 is 2.08 bits per heavy atom. The molecule has 1 aromatic rings. The molecule has 1 aliphatic heterocycles. The molecule has 0 saturated heterocycles. The number of halogens is 1. The molecule has 2 N–H and O–H groups in total. The minimum atomic E-state index is -0.0875. The average molecular weight is 355 g/mol. The second-order valence-electron chi connectivity index (χ2n) is 6.52. The number of para-hydroxylation sites is 1. The highest BCUT2D eigenvalue weighted by Crippen LogP contribution is 2.46. The van der Waals surface area contributed by atoms with E-state index in [1.807, 2.05) is 18.2 Å². The van der Waals surface area contributed by atoms with E-state index in [1.54, 1.807) is 7.11 Å². The molecule has 24 heavy (non-hydrogen) atoms. The molecule has 1 atom stereocenters. The Morgan fingerprint density at radius 1 is 1.33 bits per heavy atom. The summed E-state index contributed by atoms with van der Waals surface area (Å²) in [5, 5.41) is 6.27. The summed E-state index contributed by atoms with van der Waals surface area (Å²) < 4.78 is 11.3. The predicted molar refractivity (Wildman–Crippen MR) is 95.8 cm³/mol. The van der Waals surface area contributed by atoms with Crippen molar-refractivity contribution in [2.75, 3.05) is 26.8 Å². The van der Waals surface area contributed by atoms with Gasteiger partial charge < -0.3 is 20.1 Å². The van der Waals surface area contributed by atoms with E-state index in [0.29, 0.717) is 19.7 Å². The van der Waals surface area contributed by atoms with Gasteiger partial charge in [-0.05, 0) is 31.7 Å². The van der Waals surface area contributed by atoms with Crippen molar-refractivity contribution in [3.8, 4) is 5.75 Å². The summed E-state index contributed by atoms with van der Waals surface area (Å²) in [6, 6.07) is 8.11. The van der Waals surface area contributed by atoms with E-state index >= 15 is 0 Å². The van der Waals surface area contributed by atoms with Crippen LogP contribution in [-0.2, 0) is 9.53 Å². The minimum Gasteiger partial charge on any atom is -0.487 e. The van der Waals surface area contributed by atoms with E-state index < -0.39 is 0 Å². The number of fused-ring (bicyclic) bond motifs is 1. The third kappa shape index (κ3) is 4.41. The molecule has 2 aliphatic rings. The van der Waals surface area contributed by atoms with Crippen LogP contribution in [0.15, 0.2) is 24.3 Å². The molecule has 1 heterocycles. The number of nitrogens with one attached hydrogen (secondary N) is 2. The number of carbonyl (C=O) groups excluding carboxylic acids is 1. The smallest absolute Gasteiger partial charge is 0.234 e. The lowest BCUT2D eigenvalue weighted by Crippen LogP contribution is -2.45. The number of carbonyl (C=O) groups is 1. The lowest BCUT2D eigenvalue weighted by molar-refractivity contribution is -0.121. The maximum Gasteiger partial charge on any atom is 0.234 e. The molecule has 134 valence electrons. The molecule has 1 amide bonds. The van der Waals surface area contributed by atoms with Crippen LogP contribution >= 0.6 is 12.4 Å². The molecule has 1 spiro atoms. The van der Waals surface area contributed by atoms with Gasteiger partial charge in [0.25, 0.3) is 0 Å². The zero-order valence-corrected chi connectivity index (χ0v) is 15.0. The second kappa shape index (κ2) is 8.70. The Morgan fingerprint density at radius 3 is 2.83 bits per heavy atom. The Kier molecular flexibility index (Phi) is 6.90. The number of amides is 1. The molecule has 5 nitrogen and oxygen atoms in total. The van der Waals surface area contributed by atoms with Gasteiger partial charge in [-0.3, -0.25) is 4.79 Å². The first-order valence-corrected chi connectivity index (χ1v) is 8.49. The monoisotopic (exact) mass is 354 g/mol. The van der Waals surface area contributed by atoms with Gasteiger partial charge in [0.15, 0.2) is 0 Å². The molecule has 6 heteroatoms. The van der Waals surface area contributed by atoms with Crippen LogP contribution in [0.2, 0.25) is 0 Å². The number of benzene rings is 1. The van der Waals surface area contributed by atoms with E-state index in [-0.39, 0.29) is 30.0 Å². The van der Waals surface area contributed by atoms with Gasteiger partial charge >= 0.3 is 0 Å². The molecule has 1 aliphatic carbocycles. The van der Waals surface area contributed by atoms with Crippen LogP contribution < -0.4 is 15.4 Å². The molecule has 1 aromatic carbocycles. The van der Waals surface area contributed by atoms with Crippen molar-refractivity contribution in [2.24, 2.45) is 0 Å². The van der Waals surface area contributed by atoms with Crippen molar-refractivity contribution < 1.29 is 14.3 Å². The zero-order chi connectivity index (χ0) is 16.1. The van der Waals surface area contributed by atoms with Gasteiger partial charge in [-0.25, -0.2) is 0 Å². The van der Waals surface area contributed by atoms with Crippen molar-refractivity contribution in [3.05, 3.63) is 29.8 Å². The van der Waals surface area contributed by atoms with Gasteiger partial charge in [0.2, 0.25) is 5.91 Å². The number of hydrogen-bond donors (Lipinski definition) is 2. The first-order valence-electron chi connectivity index (χ1n) is 8.49. The number of ether oxygens (including phenoxy) is 2. The molecule has 0 radical (unpaired) electrons. The van der Waals surface area contributed by atoms with Crippen molar-refractivity contribution in [1.82, 2.24) is 10.6 Å². The van der Waals surface area contributed by atoms with Crippen molar-refractivity contribution in [1.29, 1.82) is 0 Å². The molecular formula is C18H27ClN2O3. The van der Waals surface area contributed by atoms with Crippen LogP contribution in [0.5, 0.6) is 5.75 Å². The Hall–Kier alpha value is -1.30. The average Bonchev–Trinajstić information content (AvgIpc) is 2.99. The van der Waals surface area contributed by atoms with Crippen LogP contribution in [0, 0.1) is 0 Å². The highest BCUT2D eigenvalue weighted by molar-refractivity contribution is 5.85. The summed E-state index contributed by atoms with van der Waals surface area (Å²) in [6.45, 7) is 1.60. The highest BCUT2D eigenvalue weighted by Gasteiger charge is 2.43. The van der Waals surface area contributed by atoms with E-state index in [2.05, 4.69) is 16.7 Å². The quantitative estimate of drug-likeness (QED) is 0.771. The number of hydrogen-bond acceptors (Lipinski definition) is 4. The largest absolute Gasteiger partial charge is 0.487 e. The lowest BCUT2D eigenvalue weighted by Gasteiger charge is -2.40. The number of methoxy groups -OCH3 is 1. The topological polar surface area (TPSA) is 59.6 Å². The van der Waals surface area contributed by atoms with Crippen LogP contribution in [-0.4, -0.2) is 38.3 Å². The van der Waals surface area contributed by atoms with E-state index in [1.165, 1.54) is 12.8 Å². The van der Waals surface area contributed by atoms with Gasteiger partial charge in [0.1, 0.15) is 11.4 Å². The standard InChI is InChI=1S/C18H26N2O3.ClH/c1-22-11-10-19-13-17(21)20-15-12-18(8-4-5-9-18)23-16-7-3-2-6-14(15)16;/h2-3,6-7,15,19H,4-5,8-13H2,1H3,(H,20,21);1H. The van der Waals surface area contributed by atoms with Crippen molar-refractivity contribution in [2.45, 2.75) is 43.7 Å². The summed E-state index contributed by atoms with van der Waals surface area (Å²) in [5.41, 5.74) is 1.01. The SMILES string of the molecule is COCCNCC(=O)NC1CC2(CCCC2)Oc2ccccc21.Cl. The molecule has 0 aromatic heterocycles. The van der Waals surface area contributed by atoms with Crippen LogP contribution in [0.25, 0.3) is 0 Å². The fraction of sp³-hybridized carbons (Fsp3) is 0.611. The van der Waals surface area contributed by atoms with Gasteiger partial charge in [0, 0.05) is 25.6 Å². The molecule has 0 bridgehead atoms. The minimum absolute atomic E-state index is 0. The molecule has 1 saturated carbocycles. The van der Waals surface area contributed by atoms with Crippen molar-refractivity contribution in [3.63, 3.8) is 0 Å². The second-order valence-corrected chi connectivity index (χ2v) is 6.52. The summed E-state index contributed by atoms with van der Waals surface area (Å²) in [4.78, 5) is 12.2. The van der Waals surface area contributed by atoms with Crippen molar-refractivity contribution >= 4 is 18.3 Å². The van der Waals surface area contributed by atoms with Crippen LogP contribution in [0.4, 0.5) is 0 Å².